The molecular weight excluding hydrogens is 424 g/mol. The van der Waals surface area contributed by atoms with Crippen LogP contribution in [0.5, 0.6) is 11.5 Å². The maximum Gasteiger partial charge on any atom is 0.246 e. The van der Waals surface area contributed by atoms with Gasteiger partial charge in [0.1, 0.15) is 18.0 Å². The lowest BCUT2D eigenvalue weighted by Crippen LogP contribution is -2.37. The van der Waals surface area contributed by atoms with E-state index in [1.54, 1.807) is 23.9 Å². The summed E-state index contributed by atoms with van der Waals surface area (Å²) < 4.78 is 36.8. The molecule has 0 saturated carbocycles. The lowest BCUT2D eigenvalue weighted by Gasteiger charge is -2.24. The number of hydrogen-bond acceptors (Lipinski definition) is 9. The quantitative estimate of drug-likeness (QED) is 0.438. The topological polar surface area (TPSA) is 111 Å². The van der Waals surface area contributed by atoms with E-state index in [4.69, 9.17) is 9.47 Å². The molecule has 9 nitrogen and oxygen atoms in total. The van der Waals surface area contributed by atoms with Crippen LogP contribution >= 0.6 is 23.1 Å². The molecule has 28 heavy (non-hydrogen) atoms. The molecule has 0 fully saturated rings. The van der Waals surface area contributed by atoms with E-state index in [1.165, 1.54) is 31.6 Å². The van der Waals surface area contributed by atoms with Crippen molar-refractivity contribution in [3.05, 3.63) is 18.2 Å². The van der Waals surface area contributed by atoms with Crippen LogP contribution in [0.2, 0.25) is 0 Å². The van der Waals surface area contributed by atoms with Crippen molar-refractivity contribution in [3.8, 4) is 11.5 Å². The fourth-order valence-electron chi connectivity index (χ4n) is 2.17. The molecule has 0 aliphatic carbocycles. The first kappa shape index (κ1) is 22.2. The number of carbonyl (C=O) groups is 1. The third-order valence-corrected chi connectivity index (χ3v) is 6.73. The number of thioether (sulfide) groups is 1. The molecule has 0 atom stereocenters. The molecule has 1 aromatic heterocycles. The molecule has 0 aliphatic heterocycles. The number of nitrogens with zero attached hydrogens (tertiary/aromatic N) is 3. The van der Waals surface area contributed by atoms with Gasteiger partial charge >= 0.3 is 0 Å². The monoisotopic (exact) mass is 446 g/mol. The van der Waals surface area contributed by atoms with Gasteiger partial charge < -0.3 is 9.47 Å². The number of anilines is 2. The summed E-state index contributed by atoms with van der Waals surface area (Å²) in [5.74, 6) is 1.10. The molecule has 0 saturated heterocycles. The Morgan fingerprint density at radius 1 is 1.29 bits per heavy atom. The van der Waals surface area contributed by atoms with Gasteiger partial charge in [-0.2, -0.15) is 0 Å². The summed E-state index contributed by atoms with van der Waals surface area (Å²) in [6.07, 6.45) is 2.02. The number of aromatic nitrogens is 2. The zero-order valence-corrected chi connectivity index (χ0v) is 18.4. The van der Waals surface area contributed by atoms with E-state index in [1.807, 2.05) is 0 Å². The van der Waals surface area contributed by atoms with Crippen molar-refractivity contribution in [1.29, 1.82) is 0 Å². The van der Waals surface area contributed by atoms with Crippen LogP contribution in [0, 0.1) is 0 Å². The van der Waals surface area contributed by atoms with Gasteiger partial charge in [-0.1, -0.05) is 30.0 Å². The highest BCUT2D eigenvalue weighted by Gasteiger charge is 2.25. The Labute approximate surface area is 172 Å². The van der Waals surface area contributed by atoms with Crippen molar-refractivity contribution < 1.29 is 22.7 Å². The molecule has 1 N–H and O–H groups in total. The van der Waals surface area contributed by atoms with E-state index in [9.17, 15) is 13.2 Å². The number of ether oxygens (including phenoxy) is 2. The van der Waals surface area contributed by atoms with E-state index in [0.717, 1.165) is 27.1 Å². The van der Waals surface area contributed by atoms with E-state index in [-0.39, 0.29) is 5.69 Å². The first-order valence-corrected chi connectivity index (χ1v) is 11.9. The van der Waals surface area contributed by atoms with Crippen molar-refractivity contribution in [2.75, 3.05) is 42.4 Å². The van der Waals surface area contributed by atoms with Crippen LogP contribution in [0.1, 0.15) is 13.3 Å². The van der Waals surface area contributed by atoms with Crippen LogP contribution in [0.25, 0.3) is 0 Å². The van der Waals surface area contributed by atoms with E-state index in [0.29, 0.717) is 16.6 Å². The Hall–Kier alpha value is -2.05. The van der Waals surface area contributed by atoms with Crippen LogP contribution in [-0.2, 0) is 14.8 Å². The smallest absolute Gasteiger partial charge is 0.246 e. The highest BCUT2D eigenvalue weighted by atomic mass is 32.2. The Bertz CT molecular complexity index is 917. The molecule has 2 aromatic rings. The lowest BCUT2D eigenvalue weighted by atomic mass is 10.2. The Balaban J connectivity index is 2.21. The van der Waals surface area contributed by atoms with Crippen LogP contribution in [0.15, 0.2) is 22.5 Å². The number of sulfonamides is 1. The molecule has 154 valence electrons. The summed E-state index contributed by atoms with van der Waals surface area (Å²) in [4.78, 5) is 12.5. The van der Waals surface area contributed by atoms with Gasteiger partial charge in [-0.3, -0.25) is 14.4 Å². The second-order valence-corrected chi connectivity index (χ2v) is 9.80. The van der Waals surface area contributed by atoms with Crippen LogP contribution in [0.4, 0.5) is 10.8 Å². The van der Waals surface area contributed by atoms with Gasteiger partial charge in [-0.15, -0.1) is 10.2 Å². The fraction of sp³-hybridized carbons (Fsp3) is 0.438. The molecule has 0 spiro atoms. The molecule has 12 heteroatoms. The predicted octanol–water partition coefficient (Wildman–Crippen LogP) is 2.46. The largest absolute Gasteiger partial charge is 0.497 e. The first-order valence-electron chi connectivity index (χ1n) is 8.24. The molecule has 0 unspecified atom stereocenters. The standard InChI is InChI=1S/C16H22N4O5S3/c1-5-8-26-16-19-18-15(27-16)17-14(21)10-20(28(4,22)23)12-9-11(24-2)6-7-13(12)25-3/h6-7,9H,5,8,10H2,1-4H3,(H,17,18,21). The number of hydrogen-bond donors (Lipinski definition) is 1. The van der Waals surface area contributed by atoms with Gasteiger partial charge in [0.25, 0.3) is 0 Å². The molecule has 2 rings (SSSR count). The van der Waals surface area contributed by atoms with Crippen molar-refractivity contribution in [1.82, 2.24) is 10.2 Å². The first-order chi connectivity index (χ1) is 13.3. The third-order valence-electron chi connectivity index (χ3n) is 3.42. The van der Waals surface area contributed by atoms with Gasteiger partial charge in [-0.25, -0.2) is 8.42 Å². The summed E-state index contributed by atoms with van der Waals surface area (Å²) in [6, 6.07) is 4.71. The summed E-state index contributed by atoms with van der Waals surface area (Å²) in [7, 11) is -0.885. The summed E-state index contributed by atoms with van der Waals surface area (Å²) >= 11 is 2.79. The Morgan fingerprint density at radius 3 is 2.64 bits per heavy atom. The van der Waals surface area contributed by atoms with E-state index >= 15 is 0 Å². The zero-order chi connectivity index (χ0) is 20.7. The number of carbonyl (C=O) groups excluding carboxylic acids is 1. The second-order valence-electron chi connectivity index (χ2n) is 5.58. The average Bonchev–Trinajstić information content (AvgIpc) is 3.10. The van der Waals surface area contributed by atoms with Crippen LogP contribution in [-0.4, -0.2) is 57.3 Å². The van der Waals surface area contributed by atoms with Gasteiger partial charge in [-0.05, 0) is 18.6 Å². The molecular formula is C16H22N4O5S3. The van der Waals surface area contributed by atoms with Gasteiger partial charge in [0.05, 0.1) is 26.2 Å². The molecule has 1 amide bonds. The highest BCUT2D eigenvalue weighted by molar-refractivity contribution is 8.01. The zero-order valence-electron chi connectivity index (χ0n) is 16.0. The molecule has 1 heterocycles. The van der Waals surface area contributed by atoms with E-state index < -0.39 is 22.5 Å². The molecule has 0 bridgehead atoms. The number of amides is 1. The normalized spacial score (nSPS) is 11.1. The Kier molecular flexibility index (Phi) is 7.89. The number of rotatable bonds is 10. The van der Waals surface area contributed by atoms with Gasteiger partial charge in [0, 0.05) is 11.8 Å². The maximum atomic E-state index is 12.5. The SMILES string of the molecule is CCCSc1nnc(NC(=O)CN(c2cc(OC)ccc2OC)S(C)(=O)=O)s1. The van der Waals surface area contributed by atoms with Crippen molar-refractivity contribution in [2.24, 2.45) is 0 Å². The summed E-state index contributed by atoms with van der Waals surface area (Å²) in [5.41, 5.74) is 0.205. The van der Waals surface area contributed by atoms with Gasteiger partial charge in [0.15, 0.2) is 4.34 Å². The second kappa shape index (κ2) is 9.94. The van der Waals surface area contributed by atoms with Crippen molar-refractivity contribution >= 4 is 49.8 Å². The number of benzene rings is 1. The highest BCUT2D eigenvalue weighted by Crippen LogP contribution is 2.34. The average molecular weight is 447 g/mol. The van der Waals surface area contributed by atoms with Crippen molar-refractivity contribution in [3.63, 3.8) is 0 Å². The summed E-state index contributed by atoms with van der Waals surface area (Å²) in [5, 5.41) is 10.8. The minimum absolute atomic E-state index is 0.205. The lowest BCUT2D eigenvalue weighted by molar-refractivity contribution is -0.114. The minimum atomic E-state index is -3.77. The third kappa shape index (κ3) is 5.97. The summed E-state index contributed by atoms with van der Waals surface area (Å²) in [6.45, 7) is 1.61. The molecule has 0 aliphatic rings. The van der Waals surface area contributed by atoms with Gasteiger partial charge in [0.2, 0.25) is 21.1 Å². The molecule has 1 aromatic carbocycles. The maximum absolute atomic E-state index is 12.5. The molecule has 0 radical (unpaired) electrons. The van der Waals surface area contributed by atoms with Crippen LogP contribution < -0.4 is 19.1 Å². The minimum Gasteiger partial charge on any atom is -0.497 e. The van der Waals surface area contributed by atoms with Crippen LogP contribution in [0.3, 0.4) is 0 Å². The van der Waals surface area contributed by atoms with Crippen molar-refractivity contribution in [2.45, 2.75) is 17.7 Å². The Morgan fingerprint density at radius 2 is 2.04 bits per heavy atom. The van der Waals surface area contributed by atoms with E-state index in [2.05, 4.69) is 22.4 Å². The number of nitrogens with one attached hydrogen (secondary N) is 1. The predicted molar refractivity (Wildman–Crippen MR) is 111 cm³/mol. The number of methoxy groups -OCH3 is 2. The fourth-order valence-corrected chi connectivity index (χ4v) is 4.72.